The number of carbonyl (C=O) groups excluding carboxylic acids is 1. The van der Waals surface area contributed by atoms with Gasteiger partial charge < -0.3 is 4.74 Å². The number of rotatable bonds is 4. The zero-order valence-corrected chi connectivity index (χ0v) is 6.89. The van der Waals surface area contributed by atoms with Crippen molar-refractivity contribution in [3.8, 4) is 6.07 Å². The minimum atomic E-state index is -0.183. The van der Waals surface area contributed by atoms with E-state index in [1.807, 2.05) is 6.07 Å². The molecule has 0 spiro atoms. The molecule has 0 amide bonds. The summed E-state index contributed by atoms with van der Waals surface area (Å²) in [4.78, 5) is 10.6. The second-order valence-electron chi connectivity index (χ2n) is 1.56. The van der Waals surface area contributed by atoms with Gasteiger partial charge in [0.15, 0.2) is 0 Å². The highest BCUT2D eigenvalue weighted by Gasteiger charge is 1.98. The van der Waals surface area contributed by atoms with Crippen LogP contribution in [0.25, 0.3) is 0 Å². The number of hydrogen-bond donors (Lipinski definition) is 0. The fourth-order valence-corrected chi connectivity index (χ4v) is 1.09. The van der Waals surface area contributed by atoms with Crippen molar-refractivity contribution in [2.45, 2.75) is 13.3 Å². The maximum Gasteiger partial charge on any atom is 0.323 e. The van der Waals surface area contributed by atoms with Crippen LogP contribution < -0.4 is 0 Å². The SMILES string of the molecule is CCOC(=O)PCCC#N. The molecule has 0 aliphatic rings. The summed E-state index contributed by atoms with van der Waals surface area (Å²) in [6.07, 6.45) is 1.08. The fourth-order valence-electron chi connectivity index (χ4n) is 0.403. The molecule has 0 rings (SSSR count). The van der Waals surface area contributed by atoms with Crippen molar-refractivity contribution in [2.24, 2.45) is 0 Å². The predicted molar refractivity (Wildman–Crippen MR) is 40.4 cm³/mol. The third-order valence-electron chi connectivity index (χ3n) is 0.782. The highest BCUT2D eigenvalue weighted by Crippen LogP contribution is 2.13. The van der Waals surface area contributed by atoms with E-state index in [0.717, 1.165) is 0 Å². The minimum Gasteiger partial charge on any atom is -0.463 e. The summed E-state index contributed by atoms with van der Waals surface area (Å²) in [6.45, 7) is 2.20. The summed E-state index contributed by atoms with van der Waals surface area (Å²) in [6, 6.07) is 1.96. The van der Waals surface area contributed by atoms with E-state index in [0.29, 0.717) is 19.2 Å². The van der Waals surface area contributed by atoms with E-state index in [1.54, 1.807) is 6.92 Å². The monoisotopic (exact) mass is 159 g/mol. The van der Waals surface area contributed by atoms with Gasteiger partial charge in [0.25, 0.3) is 0 Å². The average molecular weight is 159 g/mol. The Balaban J connectivity index is 3.15. The number of nitrogens with zero attached hydrogens (tertiary/aromatic N) is 1. The molecule has 0 aliphatic carbocycles. The molecule has 0 aliphatic heterocycles. The molecule has 0 radical (unpaired) electrons. The molecule has 1 unspecified atom stereocenters. The van der Waals surface area contributed by atoms with Crippen LogP contribution in [-0.4, -0.2) is 18.5 Å². The largest absolute Gasteiger partial charge is 0.463 e. The standard InChI is InChI=1S/C6H10NO2P/c1-2-9-6(8)10-5-3-4-7/h10H,2-3,5H2,1H3. The zero-order chi connectivity index (χ0) is 7.82. The molecule has 0 aromatic heterocycles. The van der Waals surface area contributed by atoms with Crippen molar-refractivity contribution in [2.75, 3.05) is 12.8 Å². The van der Waals surface area contributed by atoms with Gasteiger partial charge in [-0.15, -0.1) is 0 Å². The van der Waals surface area contributed by atoms with Gasteiger partial charge in [0.2, 0.25) is 0 Å². The second kappa shape index (κ2) is 6.51. The molecule has 0 saturated carbocycles. The number of hydrogen-bond acceptors (Lipinski definition) is 3. The van der Waals surface area contributed by atoms with Gasteiger partial charge in [-0.05, 0) is 21.7 Å². The topological polar surface area (TPSA) is 50.1 Å². The number of ether oxygens (including phenoxy) is 1. The van der Waals surface area contributed by atoms with E-state index < -0.39 is 0 Å². The quantitative estimate of drug-likeness (QED) is 0.463. The minimum absolute atomic E-state index is 0.136. The first-order valence-electron chi connectivity index (χ1n) is 3.08. The third kappa shape index (κ3) is 5.53. The number of carbonyl (C=O) groups is 1. The molecule has 56 valence electrons. The maximum atomic E-state index is 10.6. The maximum absolute atomic E-state index is 10.6. The first-order chi connectivity index (χ1) is 4.81. The van der Waals surface area contributed by atoms with Crippen LogP contribution in [0.5, 0.6) is 0 Å². The lowest BCUT2D eigenvalue weighted by molar-refractivity contribution is 0.180. The molecular weight excluding hydrogens is 149 g/mol. The summed E-state index contributed by atoms with van der Waals surface area (Å²) in [5.74, 6) is 0. The van der Waals surface area contributed by atoms with Crippen LogP contribution in [0.15, 0.2) is 0 Å². The Morgan fingerprint density at radius 1 is 1.80 bits per heavy atom. The Kier molecular flexibility index (Phi) is 6.11. The highest BCUT2D eigenvalue weighted by atomic mass is 31.1. The molecule has 1 atom stereocenters. The molecule has 10 heavy (non-hydrogen) atoms. The Bertz CT molecular complexity index is 141. The van der Waals surface area contributed by atoms with Crippen LogP contribution in [0.2, 0.25) is 0 Å². The van der Waals surface area contributed by atoms with E-state index in [-0.39, 0.29) is 14.3 Å². The van der Waals surface area contributed by atoms with E-state index in [2.05, 4.69) is 4.74 Å². The predicted octanol–water partition coefficient (Wildman–Crippen LogP) is 1.74. The van der Waals surface area contributed by atoms with Gasteiger partial charge in [-0.3, -0.25) is 0 Å². The lowest BCUT2D eigenvalue weighted by Crippen LogP contribution is -1.94. The van der Waals surface area contributed by atoms with Gasteiger partial charge in [-0.25, -0.2) is 4.79 Å². The van der Waals surface area contributed by atoms with E-state index >= 15 is 0 Å². The van der Waals surface area contributed by atoms with Gasteiger partial charge in [-0.1, -0.05) is 0 Å². The van der Waals surface area contributed by atoms with Crippen molar-refractivity contribution in [1.82, 2.24) is 0 Å². The molecule has 0 aromatic carbocycles. The molecule has 0 fully saturated rings. The van der Waals surface area contributed by atoms with Gasteiger partial charge in [0.05, 0.1) is 12.7 Å². The van der Waals surface area contributed by atoms with Crippen LogP contribution in [0.1, 0.15) is 13.3 Å². The Morgan fingerprint density at radius 2 is 2.50 bits per heavy atom. The normalized spacial score (nSPS) is 9.60. The lowest BCUT2D eigenvalue weighted by Gasteiger charge is -1.97. The summed E-state index contributed by atoms with van der Waals surface area (Å²) >= 11 is 0. The number of nitriles is 1. The molecule has 0 aromatic rings. The molecule has 3 nitrogen and oxygen atoms in total. The van der Waals surface area contributed by atoms with E-state index in [1.165, 1.54) is 0 Å². The van der Waals surface area contributed by atoms with Crippen molar-refractivity contribution in [1.29, 1.82) is 5.26 Å². The average Bonchev–Trinajstić information content (AvgIpc) is 1.89. The molecule has 0 N–H and O–H groups in total. The zero-order valence-electron chi connectivity index (χ0n) is 5.89. The first kappa shape index (κ1) is 9.39. The van der Waals surface area contributed by atoms with Crippen molar-refractivity contribution in [3.05, 3.63) is 0 Å². The second-order valence-corrected chi connectivity index (χ2v) is 2.82. The smallest absolute Gasteiger partial charge is 0.323 e. The van der Waals surface area contributed by atoms with E-state index in [4.69, 9.17) is 5.26 Å². The van der Waals surface area contributed by atoms with Gasteiger partial charge >= 0.3 is 5.71 Å². The summed E-state index contributed by atoms with van der Waals surface area (Å²) in [5.41, 5.74) is -0.183. The molecular formula is C6H10NO2P. The summed E-state index contributed by atoms with van der Waals surface area (Å²) in [7, 11) is 0.136. The molecule has 0 saturated heterocycles. The van der Waals surface area contributed by atoms with Crippen LogP contribution in [0.3, 0.4) is 0 Å². The summed E-state index contributed by atoms with van der Waals surface area (Å²) in [5, 5.41) is 8.11. The van der Waals surface area contributed by atoms with Gasteiger partial charge in [0.1, 0.15) is 0 Å². The lowest BCUT2D eigenvalue weighted by atomic mass is 10.6. The van der Waals surface area contributed by atoms with E-state index in [9.17, 15) is 4.79 Å². The fraction of sp³-hybridized carbons (Fsp3) is 0.667. The van der Waals surface area contributed by atoms with Crippen molar-refractivity contribution >= 4 is 14.3 Å². The van der Waals surface area contributed by atoms with Crippen molar-refractivity contribution in [3.63, 3.8) is 0 Å². The Labute approximate surface area is 62.1 Å². The van der Waals surface area contributed by atoms with Crippen LogP contribution >= 0.6 is 8.58 Å². The van der Waals surface area contributed by atoms with Crippen molar-refractivity contribution < 1.29 is 9.53 Å². The highest BCUT2D eigenvalue weighted by molar-refractivity contribution is 7.57. The summed E-state index contributed by atoms with van der Waals surface area (Å²) < 4.78 is 4.65. The third-order valence-corrected chi connectivity index (χ3v) is 1.71. The van der Waals surface area contributed by atoms with Gasteiger partial charge in [0, 0.05) is 6.42 Å². The van der Waals surface area contributed by atoms with Crippen LogP contribution in [0, 0.1) is 11.3 Å². The van der Waals surface area contributed by atoms with Crippen LogP contribution in [0.4, 0.5) is 4.79 Å². The Hall–Kier alpha value is -0.610. The van der Waals surface area contributed by atoms with Gasteiger partial charge in [-0.2, -0.15) is 5.26 Å². The molecule has 0 heterocycles. The Morgan fingerprint density at radius 3 is 3.00 bits per heavy atom. The van der Waals surface area contributed by atoms with Crippen LogP contribution in [-0.2, 0) is 4.74 Å². The molecule has 0 bridgehead atoms. The molecule has 4 heteroatoms. The first-order valence-corrected chi connectivity index (χ1v) is 4.29.